The van der Waals surface area contributed by atoms with Crippen LogP contribution in [0.2, 0.25) is 0 Å². The van der Waals surface area contributed by atoms with Crippen molar-refractivity contribution >= 4 is 23.2 Å². The van der Waals surface area contributed by atoms with Crippen LogP contribution in [-0.4, -0.2) is 14.5 Å². The molecule has 0 saturated carbocycles. The number of benzene rings is 3. The van der Waals surface area contributed by atoms with E-state index >= 15 is 0 Å². The summed E-state index contributed by atoms with van der Waals surface area (Å²) < 4.78 is 13.6. The fourth-order valence-electron chi connectivity index (χ4n) is 3.75. The Labute approximate surface area is 193 Å². The summed E-state index contributed by atoms with van der Waals surface area (Å²) in [6.07, 6.45) is 9.46. The van der Waals surface area contributed by atoms with E-state index in [9.17, 15) is 0 Å². The Hall–Kier alpha value is -4.12. The maximum absolute atomic E-state index is 5.88. The third-order valence-electron chi connectivity index (χ3n) is 5.49. The Bertz CT molecular complexity index is 1330. The van der Waals surface area contributed by atoms with Gasteiger partial charge in [0, 0.05) is 12.6 Å². The highest BCUT2D eigenvalue weighted by Crippen LogP contribution is 2.17. The van der Waals surface area contributed by atoms with Crippen LogP contribution in [0.5, 0.6) is 5.75 Å². The molecule has 0 amide bonds. The molecule has 164 valence electrons. The first-order valence-electron chi connectivity index (χ1n) is 11.1. The van der Waals surface area contributed by atoms with Gasteiger partial charge in [0.05, 0.1) is 17.4 Å². The summed E-state index contributed by atoms with van der Waals surface area (Å²) in [6, 6.07) is 26.6. The minimum absolute atomic E-state index is 0.371. The number of aromatic nitrogens is 3. The quantitative estimate of drug-likeness (QED) is 0.269. The fraction of sp³-hybridized carbons (Fsp3) is 0.143. The summed E-state index contributed by atoms with van der Waals surface area (Å²) >= 11 is 0. The second kappa shape index (κ2) is 10.0. The average molecular weight is 436 g/mol. The molecule has 0 atom stereocenters. The number of hydrogen-bond donors (Lipinski definition) is 0. The van der Waals surface area contributed by atoms with E-state index in [2.05, 4.69) is 38.8 Å². The van der Waals surface area contributed by atoms with Crippen molar-refractivity contribution in [3.63, 3.8) is 0 Å². The number of aryl methyl sites for hydroxylation is 2. The SMILES string of the molecule is C(=Cc1nc(COc2ccc(CCCn3cnc4ccccc43)cc2)co1)c1ccccc1. The fourth-order valence-corrected chi connectivity index (χ4v) is 3.75. The van der Waals surface area contributed by atoms with Crippen molar-refractivity contribution in [2.45, 2.75) is 26.0 Å². The number of para-hydroxylation sites is 2. The number of nitrogens with zero attached hydrogens (tertiary/aromatic N) is 3. The summed E-state index contributed by atoms with van der Waals surface area (Å²) in [5.74, 6) is 1.39. The van der Waals surface area contributed by atoms with E-state index in [0.29, 0.717) is 12.5 Å². The number of imidazole rings is 1. The molecule has 3 aromatic carbocycles. The van der Waals surface area contributed by atoms with Crippen LogP contribution in [0, 0.1) is 0 Å². The van der Waals surface area contributed by atoms with Crippen LogP contribution in [0.15, 0.2) is 95.9 Å². The number of fused-ring (bicyclic) bond motifs is 1. The van der Waals surface area contributed by atoms with Crippen molar-refractivity contribution in [3.05, 3.63) is 114 Å². The molecular formula is C28H25N3O2. The molecule has 0 spiro atoms. The predicted molar refractivity (Wildman–Crippen MR) is 131 cm³/mol. The van der Waals surface area contributed by atoms with Gasteiger partial charge in [-0.15, -0.1) is 0 Å². The van der Waals surface area contributed by atoms with Gasteiger partial charge in [0.1, 0.15) is 24.3 Å². The van der Waals surface area contributed by atoms with Gasteiger partial charge in [-0.2, -0.15) is 0 Å². The normalized spacial score (nSPS) is 11.4. The van der Waals surface area contributed by atoms with Crippen molar-refractivity contribution in [2.75, 3.05) is 0 Å². The second-order valence-corrected chi connectivity index (χ2v) is 7.88. The van der Waals surface area contributed by atoms with Crippen molar-refractivity contribution in [3.8, 4) is 5.75 Å². The Balaban J connectivity index is 1.09. The van der Waals surface area contributed by atoms with Crippen LogP contribution in [0.1, 0.15) is 29.1 Å². The standard InChI is InChI=1S/C28H25N3O2/c1-2-7-22(8-3-1)14-17-28-30-24(20-33-28)19-32-25-15-12-23(13-16-25)9-6-18-31-21-29-26-10-4-5-11-27(26)31/h1-5,7-8,10-17,20-21H,6,9,18-19H2. The van der Waals surface area contributed by atoms with Crippen LogP contribution in [0.3, 0.4) is 0 Å². The molecule has 0 N–H and O–H groups in total. The van der Waals surface area contributed by atoms with E-state index in [1.165, 1.54) is 11.1 Å². The van der Waals surface area contributed by atoms with E-state index < -0.39 is 0 Å². The summed E-state index contributed by atoms with van der Waals surface area (Å²) in [6.45, 7) is 1.32. The van der Waals surface area contributed by atoms with Gasteiger partial charge in [-0.05, 0) is 54.3 Å². The van der Waals surface area contributed by atoms with Gasteiger partial charge in [0.25, 0.3) is 0 Å². The first-order valence-corrected chi connectivity index (χ1v) is 11.1. The van der Waals surface area contributed by atoms with E-state index in [1.54, 1.807) is 6.26 Å². The van der Waals surface area contributed by atoms with E-state index in [1.807, 2.05) is 73.1 Å². The molecule has 2 aromatic heterocycles. The minimum Gasteiger partial charge on any atom is -0.487 e. The topological polar surface area (TPSA) is 53.1 Å². The van der Waals surface area contributed by atoms with Gasteiger partial charge in [-0.25, -0.2) is 9.97 Å². The van der Waals surface area contributed by atoms with E-state index in [0.717, 1.165) is 41.9 Å². The number of rotatable bonds is 9. The Kier molecular flexibility index (Phi) is 6.29. The molecule has 0 unspecified atom stereocenters. The van der Waals surface area contributed by atoms with Gasteiger partial charge in [0.15, 0.2) is 0 Å². The molecule has 5 aromatic rings. The van der Waals surface area contributed by atoms with Gasteiger partial charge < -0.3 is 13.7 Å². The maximum Gasteiger partial charge on any atom is 0.218 e. The summed E-state index contributed by atoms with van der Waals surface area (Å²) in [5.41, 5.74) is 5.39. The van der Waals surface area contributed by atoms with Gasteiger partial charge >= 0.3 is 0 Å². The molecule has 5 rings (SSSR count). The van der Waals surface area contributed by atoms with Crippen LogP contribution in [-0.2, 0) is 19.6 Å². The molecule has 0 radical (unpaired) electrons. The molecule has 33 heavy (non-hydrogen) atoms. The maximum atomic E-state index is 5.88. The zero-order valence-corrected chi connectivity index (χ0v) is 18.3. The zero-order valence-electron chi connectivity index (χ0n) is 18.3. The Morgan fingerprint density at radius 3 is 2.58 bits per heavy atom. The molecule has 5 heteroatoms. The Morgan fingerprint density at radius 1 is 0.879 bits per heavy atom. The first-order chi connectivity index (χ1) is 16.3. The summed E-state index contributed by atoms with van der Waals surface area (Å²) in [5, 5.41) is 0. The Morgan fingerprint density at radius 2 is 1.70 bits per heavy atom. The van der Waals surface area contributed by atoms with Gasteiger partial charge in [0.2, 0.25) is 5.89 Å². The smallest absolute Gasteiger partial charge is 0.218 e. The third-order valence-corrected chi connectivity index (χ3v) is 5.49. The second-order valence-electron chi connectivity index (χ2n) is 7.88. The lowest BCUT2D eigenvalue weighted by Crippen LogP contribution is -1.98. The zero-order chi connectivity index (χ0) is 22.3. The number of hydrogen-bond acceptors (Lipinski definition) is 4. The molecule has 0 aliphatic heterocycles. The predicted octanol–water partition coefficient (Wildman–Crippen LogP) is 6.41. The van der Waals surface area contributed by atoms with Crippen LogP contribution in [0.25, 0.3) is 23.2 Å². The number of oxazole rings is 1. The molecular weight excluding hydrogens is 410 g/mol. The molecule has 0 saturated heterocycles. The first kappa shape index (κ1) is 20.8. The van der Waals surface area contributed by atoms with Crippen molar-refractivity contribution < 1.29 is 9.15 Å². The minimum atomic E-state index is 0.371. The molecule has 2 heterocycles. The monoisotopic (exact) mass is 435 g/mol. The van der Waals surface area contributed by atoms with E-state index in [4.69, 9.17) is 9.15 Å². The highest BCUT2D eigenvalue weighted by molar-refractivity contribution is 5.74. The molecule has 0 bridgehead atoms. The van der Waals surface area contributed by atoms with Gasteiger partial charge in [-0.1, -0.05) is 54.6 Å². The van der Waals surface area contributed by atoms with E-state index in [-0.39, 0.29) is 0 Å². The summed E-state index contributed by atoms with van der Waals surface area (Å²) in [7, 11) is 0. The van der Waals surface area contributed by atoms with Crippen molar-refractivity contribution in [2.24, 2.45) is 0 Å². The van der Waals surface area contributed by atoms with Gasteiger partial charge in [-0.3, -0.25) is 0 Å². The lowest BCUT2D eigenvalue weighted by atomic mass is 10.1. The van der Waals surface area contributed by atoms with Crippen molar-refractivity contribution in [1.82, 2.24) is 14.5 Å². The molecule has 0 fully saturated rings. The molecule has 0 aliphatic carbocycles. The summed E-state index contributed by atoms with van der Waals surface area (Å²) in [4.78, 5) is 8.92. The number of ether oxygens (including phenoxy) is 1. The average Bonchev–Trinajstić information content (AvgIpc) is 3.50. The van der Waals surface area contributed by atoms with Crippen LogP contribution in [0.4, 0.5) is 0 Å². The van der Waals surface area contributed by atoms with Crippen LogP contribution < -0.4 is 4.74 Å². The lowest BCUT2D eigenvalue weighted by molar-refractivity contribution is 0.301. The van der Waals surface area contributed by atoms with Crippen LogP contribution >= 0.6 is 0 Å². The molecule has 5 nitrogen and oxygen atoms in total. The molecule has 0 aliphatic rings. The highest BCUT2D eigenvalue weighted by Gasteiger charge is 2.04. The lowest BCUT2D eigenvalue weighted by Gasteiger charge is -2.07. The van der Waals surface area contributed by atoms with Crippen molar-refractivity contribution in [1.29, 1.82) is 0 Å². The highest BCUT2D eigenvalue weighted by atomic mass is 16.5. The largest absolute Gasteiger partial charge is 0.487 e. The third kappa shape index (κ3) is 5.39.